The highest BCUT2D eigenvalue weighted by Gasteiger charge is 2.24. The van der Waals surface area contributed by atoms with Crippen LogP contribution in [0.4, 0.5) is 0 Å². The molecular formula is C52H105N2O6P. The van der Waals surface area contributed by atoms with E-state index >= 15 is 0 Å². The van der Waals surface area contributed by atoms with Crippen molar-refractivity contribution in [3.63, 3.8) is 0 Å². The molecule has 0 heterocycles. The number of unbranched alkanes of at least 4 members (excludes halogenated alkanes) is 34. The Bertz CT molecular complexity index is 1000. The van der Waals surface area contributed by atoms with Crippen LogP contribution in [0.15, 0.2) is 12.2 Å². The summed E-state index contributed by atoms with van der Waals surface area (Å²) in [7, 11) is 1.31. The number of carbonyl (C=O) groups is 1. The van der Waals surface area contributed by atoms with E-state index in [-0.39, 0.29) is 19.1 Å². The summed E-state index contributed by atoms with van der Waals surface area (Å²) in [6.45, 7) is 4.70. The van der Waals surface area contributed by atoms with Gasteiger partial charge >= 0.3 is 0 Å². The molecule has 0 aliphatic rings. The van der Waals surface area contributed by atoms with E-state index in [0.29, 0.717) is 23.9 Å². The van der Waals surface area contributed by atoms with Gasteiger partial charge in [-0.2, -0.15) is 0 Å². The molecule has 2 N–H and O–H groups in total. The Balaban J connectivity index is 4.04. The zero-order chi connectivity index (χ0) is 45.0. The van der Waals surface area contributed by atoms with Crippen molar-refractivity contribution in [2.24, 2.45) is 0 Å². The summed E-state index contributed by atoms with van der Waals surface area (Å²) >= 11 is 0. The van der Waals surface area contributed by atoms with Gasteiger partial charge in [0.05, 0.1) is 39.9 Å². The molecule has 0 rings (SSSR count). The summed E-state index contributed by atoms with van der Waals surface area (Å²) in [5.41, 5.74) is 0. The predicted molar refractivity (Wildman–Crippen MR) is 261 cm³/mol. The molecule has 0 aromatic rings. The molecule has 0 saturated carbocycles. The van der Waals surface area contributed by atoms with Crippen LogP contribution in [-0.2, 0) is 18.4 Å². The summed E-state index contributed by atoms with van der Waals surface area (Å²) in [6, 6.07) is -0.801. The molecule has 61 heavy (non-hydrogen) atoms. The molecule has 0 bridgehead atoms. The molecule has 3 atom stereocenters. The molecule has 0 aromatic heterocycles. The van der Waals surface area contributed by atoms with Crippen LogP contribution in [0, 0.1) is 0 Å². The Kier molecular flexibility index (Phi) is 43.9. The van der Waals surface area contributed by atoms with E-state index in [2.05, 4.69) is 31.3 Å². The molecule has 3 unspecified atom stereocenters. The number of likely N-dealkylation sites (N-methyl/N-ethyl adjacent to an activating group) is 1. The van der Waals surface area contributed by atoms with Crippen LogP contribution in [0.5, 0.6) is 0 Å². The highest BCUT2D eigenvalue weighted by atomic mass is 31.2. The van der Waals surface area contributed by atoms with Gasteiger partial charge in [-0.15, -0.1) is 0 Å². The monoisotopic (exact) mass is 885 g/mol. The maximum atomic E-state index is 12.9. The summed E-state index contributed by atoms with van der Waals surface area (Å²) < 4.78 is 23.3. The van der Waals surface area contributed by atoms with Gasteiger partial charge in [-0.1, -0.05) is 238 Å². The molecule has 0 aliphatic heterocycles. The molecule has 9 heteroatoms. The number of amides is 1. The molecule has 0 saturated heterocycles. The summed E-state index contributed by atoms with van der Waals surface area (Å²) in [4.78, 5) is 25.3. The summed E-state index contributed by atoms with van der Waals surface area (Å²) in [5, 5.41) is 13.9. The third kappa shape index (κ3) is 47.0. The van der Waals surface area contributed by atoms with E-state index in [1.54, 1.807) is 0 Å². The Hall–Kier alpha value is -0.760. The number of allylic oxidation sites excluding steroid dienone is 2. The maximum absolute atomic E-state index is 12.9. The first kappa shape index (κ1) is 60.2. The maximum Gasteiger partial charge on any atom is 0.268 e. The van der Waals surface area contributed by atoms with Crippen LogP contribution in [0.2, 0.25) is 0 Å². The minimum atomic E-state index is -4.56. The van der Waals surface area contributed by atoms with Crippen LogP contribution >= 0.6 is 7.82 Å². The second-order valence-electron chi connectivity index (χ2n) is 19.6. The predicted octanol–water partition coefficient (Wildman–Crippen LogP) is 14.8. The van der Waals surface area contributed by atoms with Crippen molar-refractivity contribution in [1.82, 2.24) is 5.32 Å². The van der Waals surface area contributed by atoms with Gasteiger partial charge in [0.15, 0.2) is 0 Å². The molecular weight excluding hydrogens is 780 g/mol. The molecule has 0 aliphatic carbocycles. The molecule has 0 radical (unpaired) electrons. The van der Waals surface area contributed by atoms with Gasteiger partial charge in [-0.25, -0.2) is 0 Å². The lowest BCUT2D eigenvalue weighted by molar-refractivity contribution is -0.870. The first-order valence-corrected chi connectivity index (χ1v) is 28.0. The van der Waals surface area contributed by atoms with Crippen LogP contribution in [-0.4, -0.2) is 68.5 Å². The van der Waals surface area contributed by atoms with Gasteiger partial charge in [-0.3, -0.25) is 9.36 Å². The Morgan fingerprint density at radius 2 is 0.918 bits per heavy atom. The fraction of sp³-hybridized carbons (Fsp3) is 0.942. The van der Waals surface area contributed by atoms with Gasteiger partial charge in [0.1, 0.15) is 13.2 Å². The van der Waals surface area contributed by atoms with Crippen LogP contribution in [0.3, 0.4) is 0 Å². The van der Waals surface area contributed by atoms with E-state index in [1.165, 1.54) is 186 Å². The smallest absolute Gasteiger partial charge is 0.268 e. The van der Waals surface area contributed by atoms with E-state index in [4.69, 9.17) is 9.05 Å². The fourth-order valence-corrected chi connectivity index (χ4v) is 8.75. The first-order valence-electron chi connectivity index (χ1n) is 26.5. The second-order valence-corrected chi connectivity index (χ2v) is 21.0. The van der Waals surface area contributed by atoms with E-state index < -0.39 is 20.0 Å². The van der Waals surface area contributed by atoms with Crippen LogP contribution < -0.4 is 10.2 Å². The number of quaternary nitrogens is 1. The minimum absolute atomic E-state index is 0.0125. The lowest BCUT2D eigenvalue weighted by Crippen LogP contribution is -2.46. The van der Waals surface area contributed by atoms with Crippen molar-refractivity contribution in [2.75, 3.05) is 40.9 Å². The van der Waals surface area contributed by atoms with Gasteiger partial charge in [0.2, 0.25) is 5.91 Å². The molecule has 8 nitrogen and oxygen atoms in total. The van der Waals surface area contributed by atoms with Crippen molar-refractivity contribution in [1.29, 1.82) is 0 Å². The summed E-state index contributed by atoms with van der Waals surface area (Å²) in [6.07, 6.45) is 52.5. The minimum Gasteiger partial charge on any atom is -0.756 e. The second kappa shape index (κ2) is 44.4. The third-order valence-corrected chi connectivity index (χ3v) is 13.2. The zero-order valence-corrected chi connectivity index (χ0v) is 42.3. The molecule has 0 aromatic carbocycles. The average molecular weight is 885 g/mol. The van der Waals surface area contributed by atoms with Gasteiger partial charge in [-0.05, 0) is 32.1 Å². The fourth-order valence-electron chi connectivity index (χ4n) is 8.02. The van der Waals surface area contributed by atoms with E-state index in [9.17, 15) is 19.4 Å². The summed E-state index contributed by atoms with van der Waals surface area (Å²) in [5.74, 6) is -0.173. The Morgan fingerprint density at radius 3 is 1.33 bits per heavy atom. The number of nitrogens with zero attached hydrogens (tertiary/aromatic N) is 1. The van der Waals surface area contributed by atoms with Gasteiger partial charge in [0, 0.05) is 6.42 Å². The number of nitrogens with one attached hydrogen (secondary N) is 1. The number of rotatable bonds is 49. The van der Waals surface area contributed by atoms with Crippen molar-refractivity contribution in [3.8, 4) is 0 Å². The standard InChI is InChI=1S/C52H105N2O6P/c1-6-8-10-12-14-16-18-19-20-21-22-23-24-25-26-27-28-29-30-31-32-33-34-36-37-39-41-43-45-51(55)50(49-60-61(57,58)59-48-47-54(3,4)5)53-52(56)46-44-42-40-38-35-17-15-13-11-9-7-2/h13,15,50-51,55H,6-12,14,16-49H2,1-5H3,(H-,53,56,57,58)/b15-13-. The number of phosphoric acid groups is 1. The van der Waals surface area contributed by atoms with Crippen LogP contribution in [0.25, 0.3) is 0 Å². The number of aliphatic hydroxyl groups excluding tert-OH is 1. The molecule has 1 amide bonds. The van der Waals surface area contributed by atoms with E-state index in [0.717, 1.165) is 51.4 Å². The molecule has 0 spiro atoms. The zero-order valence-electron chi connectivity index (χ0n) is 41.4. The van der Waals surface area contributed by atoms with Crippen molar-refractivity contribution < 1.29 is 32.9 Å². The van der Waals surface area contributed by atoms with Crippen LogP contribution in [0.1, 0.15) is 264 Å². The SMILES string of the molecule is CCCC/C=C\CCCCCCCC(=O)NC(COP(=O)([O-])OCC[N+](C)(C)C)C(O)CCCCCCCCCCCCCCCCCCCCCCCCCCCCCC. The highest BCUT2D eigenvalue weighted by molar-refractivity contribution is 7.45. The molecule has 364 valence electrons. The van der Waals surface area contributed by atoms with Crippen molar-refractivity contribution >= 4 is 13.7 Å². The highest BCUT2D eigenvalue weighted by Crippen LogP contribution is 2.38. The largest absolute Gasteiger partial charge is 0.756 e. The van der Waals surface area contributed by atoms with Crippen molar-refractivity contribution in [2.45, 2.75) is 276 Å². The first-order chi connectivity index (χ1) is 29.5. The van der Waals surface area contributed by atoms with Gasteiger partial charge in [0.25, 0.3) is 7.82 Å². The Labute approximate surface area is 380 Å². The Morgan fingerprint density at radius 1 is 0.557 bits per heavy atom. The quantitative estimate of drug-likeness (QED) is 0.0273. The topological polar surface area (TPSA) is 108 Å². The number of carbonyl (C=O) groups excluding carboxylic acids is 1. The third-order valence-electron chi connectivity index (χ3n) is 12.3. The number of hydrogen-bond donors (Lipinski definition) is 2. The van der Waals surface area contributed by atoms with E-state index in [1.807, 2.05) is 21.1 Å². The molecule has 0 fully saturated rings. The number of phosphoric ester groups is 1. The number of aliphatic hydroxyl groups is 1. The normalized spacial score (nSPS) is 14.1. The number of hydrogen-bond acceptors (Lipinski definition) is 6. The lowest BCUT2D eigenvalue weighted by atomic mass is 10.0. The average Bonchev–Trinajstić information content (AvgIpc) is 3.21. The van der Waals surface area contributed by atoms with Crippen molar-refractivity contribution in [3.05, 3.63) is 12.2 Å². The van der Waals surface area contributed by atoms with Gasteiger partial charge < -0.3 is 28.8 Å². The lowest BCUT2D eigenvalue weighted by Gasteiger charge is -2.30.